The molecule has 0 spiro atoms. The van der Waals surface area contributed by atoms with Crippen LogP contribution in [0.1, 0.15) is 24.0 Å². The van der Waals surface area contributed by atoms with Gasteiger partial charge in [-0.25, -0.2) is 0 Å². The van der Waals surface area contributed by atoms with Gasteiger partial charge < -0.3 is 10.6 Å². The molecule has 118 valence electrons. The van der Waals surface area contributed by atoms with E-state index in [1.807, 2.05) is 36.4 Å². The second-order valence-electron chi connectivity index (χ2n) is 5.72. The number of carbonyl (C=O) groups excluding carboxylic acids is 2. The maximum Gasteiger partial charge on any atom is 0.227 e. The monoisotopic (exact) mass is 309 g/mol. The fourth-order valence-electron chi connectivity index (χ4n) is 2.74. The van der Waals surface area contributed by atoms with E-state index in [0.29, 0.717) is 25.8 Å². The Hall–Kier alpha value is -2.69. The fourth-order valence-corrected chi connectivity index (χ4v) is 2.74. The Morgan fingerprint density at radius 2 is 2.13 bits per heavy atom. The Balaban J connectivity index is 1.48. The van der Waals surface area contributed by atoms with Gasteiger partial charge in [0, 0.05) is 37.0 Å². The Labute approximate surface area is 135 Å². The second-order valence-corrected chi connectivity index (χ2v) is 5.72. The summed E-state index contributed by atoms with van der Waals surface area (Å²) in [4.78, 5) is 28.1. The first-order chi connectivity index (χ1) is 11.2. The van der Waals surface area contributed by atoms with E-state index in [0.717, 1.165) is 16.8 Å². The molecule has 23 heavy (non-hydrogen) atoms. The van der Waals surface area contributed by atoms with Crippen LogP contribution in [0.5, 0.6) is 0 Å². The number of carbonyl (C=O) groups is 2. The van der Waals surface area contributed by atoms with Gasteiger partial charge in [0.05, 0.1) is 0 Å². The highest BCUT2D eigenvalue weighted by atomic mass is 16.2. The Kier molecular flexibility index (Phi) is 4.66. The molecule has 1 aliphatic heterocycles. The Bertz CT molecular complexity index is 700. The van der Waals surface area contributed by atoms with Gasteiger partial charge in [0.15, 0.2) is 0 Å². The zero-order valence-electron chi connectivity index (χ0n) is 12.8. The number of hydrogen-bond donors (Lipinski definition) is 2. The molecule has 0 saturated carbocycles. The molecule has 2 N–H and O–H groups in total. The average molecular weight is 309 g/mol. The van der Waals surface area contributed by atoms with Crippen molar-refractivity contribution in [3.8, 4) is 0 Å². The molecule has 5 heteroatoms. The smallest absolute Gasteiger partial charge is 0.227 e. The number of hydrogen-bond acceptors (Lipinski definition) is 3. The first-order valence-corrected chi connectivity index (χ1v) is 7.77. The zero-order chi connectivity index (χ0) is 16.1. The molecule has 0 bridgehead atoms. The van der Waals surface area contributed by atoms with E-state index in [2.05, 4.69) is 15.6 Å². The standard InChI is InChI=1S/C18H19N3O2/c22-17(20-12-13-4-3-9-19-11-13)8-7-15-10-14-5-1-2-6-16(14)21-18(15)23/h1-6,9,11,15H,7-8,10,12H2,(H,20,22)(H,21,23)/t15-/m1/s1. The van der Waals surface area contributed by atoms with E-state index in [1.54, 1.807) is 12.4 Å². The van der Waals surface area contributed by atoms with Crippen LogP contribution in [0.2, 0.25) is 0 Å². The molecular formula is C18H19N3O2. The molecule has 5 nitrogen and oxygen atoms in total. The van der Waals surface area contributed by atoms with Crippen molar-refractivity contribution in [2.45, 2.75) is 25.8 Å². The van der Waals surface area contributed by atoms with Crippen LogP contribution in [0.25, 0.3) is 0 Å². The van der Waals surface area contributed by atoms with Crippen LogP contribution in [-0.2, 0) is 22.6 Å². The number of nitrogens with one attached hydrogen (secondary N) is 2. The molecule has 1 aliphatic rings. The molecular weight excluding hydrogens is 290 g/mol. The van der Waals surface area contributed by atoms with E-state index >= 15 is 0 Å². The number of fused-ring (bicyclic) bond motifs is 1. The number of rotatable bonds is 5. The van der Waals surface area contributed by atoms with Crippen molar-refractivity contribution in [3.05, 3.63) is 59.9 Å². The minimum atomic E-state index is -0.144. The molecule has 0 radical (unpaired) electrons. The molecule has 3 rings (SSSR count). The third-order valence-electron chi connectivity index (χ3n) is 4.04. The van der Waals surface area contributed by atoms with Crippen LogP contribution in [-0.4, -0.2) is 16.8 Å². The van der Waals surface area contributed by atoms with Crippen LogP contribution in [0.4, 0.5) is 5.69 Å². The summed E-state index contributed by atoms with van der Waals surface area (Å²) in [7, 11) is 0. The highest BCUT2D eigenvalue weighted by Crippen LogP contribution is 2.27. The minimum absolute atomic E-state index is 0.00348. The first kappa shape index (κ1) is 15.2. The van der Waals surface area contributed by atoms with Gasteiger partial charge in [0.2, 0.25) is 11.8 Å². The van der Waals surface area contributed by atoms with Gasteiger partial charge >= 0.3 is 0 Å². The van der Waals surface area contributed by atoms with Crippen molar-refractivity contribution in [2.24, 2.45) is 5.92 Å². The predicted molar refractivity (Wildman–Crippen MR) is 87.6 cm³/mol. The van der Waals surface area contributed by atoms with E-state index in [4.69, 9.17) is 0 Å². The van der Waals surface area contributed by atoms with Gasteiger partial charge in [-0.05, 0) is 36.1 Å². The molecule has 0 aliphatic carbocycles. The summed E-state index contributed by atoms with van der Waals surface area (Å²) >= 11 is 0. The van der Waals surface area contributed by atoms with Crippen molar-refractivity contribution in [1.29, 1.82) is 0 Å². The normalized spacial score (nSPS) is 16.3. The highest BCUT2D eigenvalue weighted by molar-refractivity contribution is 5.96. The summed E-state index contributed by atoms with van der Waals surface area (Å²) in [6.07, 6.45) is 5.02. The third kappa shape index (κ3) is 3.94. The molecule has 1 aromatic carbocycles. The Morgan fingerprint density at radius 1 is 1.26 bits per heavy atom. The summed E-state index contributed by atoms with van der Waals surface area (Å²) in [5, 5.41) is 5.77. The summed E-state index contributed by atoms with van der Waals surface area (Å²) in [6, 6.07) is 11.6. The fraction of sp³-hybridized carbons (Fsp3) is 0.278. The van der Waals surface area contributed by atoms with Crippen molar-refractivity contribution in [2.75, 3.05) is 5.32 Å². The number of pyridine rings is 1. The topological polar surface area (TPSA) is 71.1 Å². The molecule has 0 unspecified atom stereocenters. The molecule has 0 fully saturated rings. The van der Waals surface area contributed by atoms with E-state index in [-0.39, 0.29) is 17.7 Å². The molecule has 1 atom stereocenters. The third-order valence-corrected chi connectivity index (χ3v) is 4.04. The van der Waals surface area contributed by atoms with Crippen molar-refractivity contribution >= 4 is 17.5 Å². The lowest BCUT2D eigenvalue weighted by Crippen LogP contribution is -2.31. The Morgan fingerprint density at radius 3 is 2.96 bits per heavy atom. The quantitative estimate of drug-likeness (QED) is 0.890. The number of aromatic nitrogens is 1. The molecule has 2 amide bonds. The van der Waals surface area contributed by atoms with Gasteiger partial charge in [0.25, 0.3) is 0 Å². The first-order valence-electron chi connectivity index (χ1n) is 7.77. The number of nitrogens with zero attached hydrogens (tertiary/aromatic N) is 1. The largest absolute Gasteiger partial charge is 0.352 e. The number of benzene rings is 1. The van der Waals surface area contributed by atoms with Crippen LogP contribution in [0, 0.1) is 5.92 Å². The van der Waals surface area contributed by atoms with Crippen LogP contribution in [0.15, 0.2) is 48.8 Å². The molecule has 1 aromatic heterocycles. The van der Waals surface area contributed by atoms with Gasteiger partial charge in [-0.1, -0.05) is 24.3 Å². The van der Waals surface area contributed by atoms with Crippen LogP contribution < -0.4 is 10.6 Å². The van der Waals surface area contributed by atoms with Crippen molar-refractivity contribution < 1.29 is 9.59 Å². The van der Waals surface area contributed by atoms with Gasteiger partial charge in [-0.2, -0.15) is 0 Å². The highest BCUT2D eigenvalue weighted by Gasteiger charge is 2.26. The van der Waals surface area contributed by atoms with Gasteiger partial charge in [0.1, 0.15) is 0 Å². The summed E-state index contributed by atoms with van der Waals surface area (Å²) in [5.74, 6) is -0.182. The molecule has 2 aromatic rings. The van der Waals surface area contributed by atoms with Crippen LogP contribution in [0.3, 0.4) is 0 Å². The minimum Gasteiger partial charge on any atom is -0.352 e. The van der Waals surface area contributed by atoms with Crippen molar-refractivity contribution in [3.63, 3.8) is 0 Å². The van der Waals surface area contributed by atoms with Crippen molar-refractivity contribution in [1.82, 2.24) is 10.3 Å². The number of para-hydroxylation sites is 1. The van der Waals surface area contributed by atoms with E-state index in [1.165, 1.54) is 0 Å². The maximum absolute atomic E-state index is 12.1. The number of anilines is 1. The summed E-state index contributed by atoms with van der Waals surface area (Å²) in [5.41, 5.74) is 2.98. The summed E-state index contributed by atoms with van der Waals surface area (Å²) < 4.78 is 0. The zero-order valence-corrected chi connectivity index (χ0v) is 12.8. The average Bonchev–Trinajstić information content (AvgIpc) is 2.59. The maximum atomic E-state index is 12.1. The summed E-state index contributed by atoms with van der Waals surface area (Å²) in [6.45, 7) is 0.465. The van der Waals surface area contributed by atoms with Gasteiger partial charge in [-0.3, -0.25) is 14.6 Å². The van der Waals surface area contributed by atoms with E-state index in [9.17, 15) is 9.59 Å². The predicted octanol–water partition coefficient (Wildman–Crippen LogP) is 2.29. The molecule has 2 heterocycles. The lowest BCUT2D eigenvalue weighted by Gasteiger charge is -2.24. The molecule has 0 saturated heterocycles. The number of amides is 2. The lowest BCUT2D eigenvalue weighted by molar-refractivity contribution is -0.122. The van der Waals surface area contributed by atoms with Gasteiger partial charge in [-0.15, -0.1) is 0 Å². The SMILES string of the molecule is O=C(CC[C@@H]1Cc2ccccc2NC1=O)NCc1cccnc1. The van der Waals surface area contributed by atoms with Crippen LogP contribution >= 0.6 is 0 Å². The lowest BCUT2D eigenvalue weighted by atomic mass is 9.89. The van der Waals surface area contributed by atoms with E-state index < -0.39 is 0 Å². The second kappa shape index (κ2) is 7.05.